The summed E-state index contributed by atoms with van der Waals surface area (Å²) in [7, 11) is 0. The predicted molar refractivity (Wildman–Crippen MR) is 179 cm³/mol. The van der Waals surface area contributed by atoms with Crippen molar-refractivity contribution >= 4 is 22.9 Å². The van der Waals surface area contributed by atoms with Crippen LogP contribution in [0, 0.1) is 11.6 Å². The summed E-state index contributed by atoms with van der Waals surface area (Å²) in [4.78, 5) is 44.2. The number of aromatic nitrogens is 4. The zero-order valence-electron chi connectivity index (χ0n) is 28.0. The van der Waals surface area contributed by atoms with Gasteiger partial charge >= 0.3 is 11.8 Å². The van der Waals surface area contributed by atoms with Crippen molar-refractivity contribution < 1.29 is 28.5 Å². The van der Waals surface area contributed by atoms with Crippen LogP contribution in [0.15, 0.2) is 41.3 Å². The number of benzene rings is 1. The Hall–Kier alpha value is -4.65. The van der Waals surface area contributed by atoms with Crippen molar-refractivity contribution in [3.05, 3.63) is 69.9 Å². The van der Waals surface area contributed by atoms with E-state index in [4.69, 9.17) is 4.74 Å². The Labute approximate surface area is 277 Å². The maximum absolute atomic E-state index is 16.1. The monoisotopic (exact) mass is 664 g/mol. The van der Waals surface area contributed by atoms with Crippen molar-refractivity contribution in [2.45, 2.75) is 78.4 Å². The number of aliphatic hydroxyl groups is 1. The Morgan fingerprint density at radius 1 is 1.08 bits per heavy atom. The number of carbonyl (C=O) groups excluding carboxylic acids is 1. The summed E-state index contributed by atoms with van der Waals surface area (Å²) >= 11 is 0. The van der Waals surface area contributed by atoms with E-state index in [0.29, 0.717) is 43.5 Å². The minimum atomic E-state index is -0.917. The molecule has 1 atom stereocenters. The molecule has 0 spiro atoms. The molecule has 11 nitrogen and oxygen atoms in total. The van der Waals surface area contributed by atoms with Gasteiger partial charge in [-0.1, -0.05) is 19.4 Å². The number of rotatable bonds is 9. The van der Waals surface area contributed by atoms with Gasteiger partial charge in [-0.25, -0.2) is 27.9 Å². The van der Waals surface area contributed by atoms with Gasteiger partial charge < -0.3 is 24.7 Å². The van der Waals surface area contributed by atoms with Crippen molar-refractivity contribution in [2.75, 3.05) is 31.1 Å². The number of amides is 1. The number of halogens is 2. The van der Waals surface area contributed by atoms with Crippen LogP contribution in [0.4, 0.5) is 19.4 Å². The van der Waals surface area contributed by atoms with Crippen molar-refractivity contribution in [1.82, 2.24) is 24.4 Å². The molecule has 256 valence electrons. The minimum Gasteiger partial charge on any atom is -0.507 e. The van der Waals surface area contributed by atoms with Crippen LogP contribution in [-0.2, 0) is 17.6 Å². The summed E-state index contributed by atoms with van der Waals surface area (Å²) in [5, 5.41) is 20.2. The molecule has 0 unspecified atom stereocenters. The molecule has 4 heterocycles. The average molecular weight is 665 g/mol. The van der Waals surface area contributed by atoms with E-state index in [-0.39, 0.29) is 49.1 Å². The normalized spacial score (nSPS) is 15.3. The van der Waals surface area contributed by atoms with Crippen LogP contribution in [0.3, 0.4) is 0 Å². The first-order valence-corrected chi connectivity index (χ1v) is 16.3. The highest BCUT2D eigenvalue weighted by molar-refractivity contribution is 5.91. The number of hydrogen-bond donors (Lipinski definition) is 2. The number of carbonyl (C=O) groups is 1. The van der Waals surface area contributed by atoms with E-state index in [2.05, 4.69) is 15.0 Å². The molecule has 1 aromatic carbocycles. The number of aromatic hydroxyl groups is 1. The van der Waals surface area contributed by atoms with Crippen LogP contribution >= 0.6 is 0 Å². The van der Waals surface area contributed by atoms with E-state index in [1.807, 2.05) is 18.7 Å². The fourth-order valence-corrected chi connectivity index (χ4v) is 6.08. The molecule has 4 aromatic rings. The number of hydrogen-bond acceptors (Lipinski definition) is 9. The Bertz CT molecular complexity index is 1860. The Balaban J connectivity index is 1.75. The van der Waals surface area contributed by atoms with Crippen LogP contribution in [0.1, 0.15) is 65.1 Å². The van der Waals surface area contributed by atoms with E-state index in [1.165, 1.54) is 16.7 Å². The van der Waals surface area contributed by atoms with E-state index in [0.717, 1.165) is 17.7 Å². The zero-order chi connectivity index (χ0) is 34.7. The second-order valence-corrected chi connectivity index (χ2v) is 13.0. The summed E-state index contributed by atoms with van der Waals surface area (Å²) in [5.41, 5.74) is -0.427. The Kier molecular flexibility index (Phi) is 10.3. The predicted octanol–water partition coefficient (Wildman–Crippen LogP) is 5.54. The van der Waals surface area contributed by atoms with Crippen molar-refractivity contribution in [2.24, 2.45) is 0 Å². The summed E-state index contributed by atoms with van der Waals surface area (Å²) in [6.07, 6.45) is 4.13. The van der Waals surface area contributed by atoms with E-state index >= 15 is 8.78 Å². The highest BCUT2D eigenvalue weighted by Gasteiger charge is 2.33. The fraction of sp³-hybridized carbons (Fsp3) is 0.457. The highest BCUT2D eigenvalue weighted by Crippen LogP contribution is 2.36. The van der Waals surface area contributed by atoms with Gasteiger partial charge in [0.1, 0.15) is 28.7 Å². The fourth-order valence-electron chi connectivity index (χ4n) is 6.08. The molecule has 1 amide bonds. The van der Waals surface area contributed by atoms with Crippen LogP contribution in [0.5, 0.6) is 5.75 Å². The second kappa shape index (κ2) is 14.2. The molecule has 0 bridgehead atoms. The number of nitrogens with zero attached hydrogens (tertiary/aromatic N) is 6. The van der Waals surface area contributed by atoms with Crippen LogP contribution in [0.2, 0.25) is 0 Å². The Morgan fingerprint density at radius 3 is 2.52 bits per heavy atom. The molecule has 1 saturated heterocycles. The maximum atomic E-state index is 16.1. The largest absolute Gasteiger partial charge is 0.507 e. The lowest BCUT2D eigenvalue weighted by Gasteiger charge is -2.41. The molecular formula is C35H42F2N6O5. The molecule has 5 rings (SSSR count). The summed E-state index contributed by atoms with van der Waals surface area (Å²) in [6.45, 7) is 10.0. The third-order valence-electron chi connectivity index (χ3n) is 8.23. The SMILES string of the molecule is CCCc1nccc(CCCCO)c1-n1c(=O)nc(N2CCN(C(=O)OC(C)(C)C)C[C@@H]2C)c2cc(F)c(-c3c(O)cccc3F)nc21. The lowest BCUT2D eigenvalue weighted by molar-refractivity contribution is 0.0218. The zero-order valence-corrected chi connectivity index (χ0v) is 28.0. The number of aryl methyl sites for hydroxylation is 2. The van der Waals surface area contributed by atoms with Gasteiger partial charge in [-0.05, 0) is 83.2 Å². The number of pyridine rings is 2. The first-order valence-electron chi connectivity index (χ1n) is 16.3. The van der Waals surface area contributed by atoms with Crippen LogP contribution in [0.25, 0.3) is 28.0 Å². The number of anilines is 1. The molecule has 1 fully saturated rings. The first-order chi connectivity index (χ1) is 22.8. The molecule has 3 aromatic heterocycles. The van der Waals surface area contributed by atoms with Gasteiger partial charge in [0.15, 0.2) is 11.5 Å². The molecule has 1 aliphatic rings. The van der Waals surface area contributed by atoms with Crippen LogP contribution < -0.4 is 10.6 Å². The van der Waals surface area contributed by atoms with Crippen LogP contribution in [-0.4, -0.2) is 78.6 Å². The lowest BCUT2D eigenvalue weighted by Crippen LogP contribution is -2.55. The molecule has 0 radical (unpaired) electrons. The maximum Gasteiger partial charge on any atom is 0.410 e. The lowest BCUT2D eigenvalue weighted by atomic mass is 10.0. The van der Waals surface area contributed by atoms with Gasteiger partial charge in [-0.2, -0.15) is 4.98 Å². The molecule has 13 heteroatoms. The molecule has 1 aliphatic heterocycles. The van der Waals surface area contributed by atoms with Gasteiger partial charge in [0.05, 0.1) is 22.3 Å². The topological polar surface area (TPSA) is 134 Å². The van der Waals surface area contributed by atoms with Gasteiger partial charge in [-0.15, -0.1) is 0 Å². The van der Waals surface area contributed by atoms with Crippen molar-refractivity contribution in [3.8, 4) is 22.7 Å². The number of aliphatic hydroxyl groups excluding tert-OH is 1. The van der Waals surface area contributed by atoms with E-state index < -0.39 is 46.0 Å². The summed E-state index contributed by atoms with van der Waals surface area (Å²) in [5.74, 6) is -2.14. The number of unbranched alkanes of at least 4 members (excludes halogenated alkanes) is 1. The quantitative estimate of drug-likeness (QED) is 0.221. The molecular weight excluding hydrogens is 622 g/mol. The third-order valence-corrected chi connectivity index (χ3v) is 8.23. The van der Waals surface area contributed by atoms with Gasteiger partial charge in [0, 0.05) is 38.5 Å². The van der Waals surface area contributed by atoms with Gasteiger partial charge in [0.25, 0.3) is 0 Å². The molecule has 0 saturated carbocycles. The summed E-state index contributed by atoms with van der Waals surface area (Å²) < 4.78 is 38.0. The Morgan fingerprint density at radius 2 is 1.85 bits per heavy atom. The van der Waals surface area contributed by atoms with E-state index in [1.54, 1.807) is 37.9 Å². The number of piperazine rings is 1. The minimum absolute atomic E-state index is 0.0110. The van der Waals surface area contributed by atoms with E-state index in [9.17, 15) is 19.8 Å². The number of ether oxygens (including phenoxy) is 1. The molecule has 48 heavy (non-hydrogen) atoms. The smallest absolute Gasteiger partial charge is 0.410 e. The number of phenolic OH excluding ortho intramolecular Hbond substituents is 1. The molecule has 0 aliphatic carbocycles. The summed E-state index contributed by atoms with van der Waals surface area (Å²) in [6, 6.07) is 6.24. The number of phenols is 1. The van der Waals surface area contributed by atoms with Gasteiger partial charge in [0.2, 0.25) is 0 Å². The third kappa shape index (κ3) is 7.10. The standard InChI is InChI=1S/C35H42F2N6O5/c1-6-10-26-30(22(14-15-38-26)11-7-8-18-44)43-32-23(19-25(37)29(39-32)28-24(36)12-9-13-27(28)45)31(40-33(43)46)42-17-16-41(20-21(42)2)34(47)48-35(3,4)5/h9,12-15,19,21,44-45H,6-8,10-11,16-18,20H2,1-5H3/t21-/m0/s1. The highest BCUT2D eigenvalue weighted by atomic mass is 19.1. The molecule has 2 N–H and O–H groups in total. The van der Waals surface area contributed by atoms with Crippen molar-refractivity contribution in [3.63, 3.8) is 0 Å². The first kappa shape index (κ1) is 34.7. The average Bonchev–Trinajstić information content (AvgIpc) is 3.01. The van der Waals surface area contributed by atoms with Gasteiger partial charge in [-0.3, -0.25) is 4.98 Å². The second-order valence-electron chi connectivity index (χ2n) is 13.0. The van der Waals surface area contributed by atoms with Crippen molar-refractivity contribution in [1.29, 1.82) is 0 Å². The number of fused-ring (bicyclic) bond motifs is 1.